The van der Waals surface area contributed by atoms with E-state index >= 15 is 0 Å². The molecule has 4 nitrogen and oxygen atoms in total. The van der Waals surface area contributed by atoms with E-state index in [9.17, 15) is 9.59 Å². The van der Waals surface area contributed by atoms with E-state index in [0.717, 1.165) is 12.3 Å². The number of carbonyl (C=O) groups is 2. The van der Waals surface area contributed by atoms with E-state index < -0.39 is 5.97 Å². The van der Waals surface area contributed by atoms with Crippen LogP contribution in [0.5, 0.6) is 0 Å². The fraction of sp³-hybridized carbons (Fsp3) is 0.875. The van der Waals surface area contributed by atoms with Gasteiger partial charge in [-0.15, -0.1) is 0 Å². The molecule has 2 rings (SSSR count). The van der Waals surface area contributed by atoms with Crippen molar-refractivity contribution in [1.29, 1.82) is 0 Å². The molecule has 1 unspecified atom stereocenters. The number of likely N-dealkylation sites (tertiary alicyclic amines) is 1. The Balaban J connectivity index is 1.77. The normalized spacial score (nSPS) is 23.6. The number of carbonyl (C=O) groups excluding carboxylic acids is 1. The van der Waals surface area contributed by atoms with Crippen molar-refractivity contribution in [3.63, 3.8) is 0 Å². The first-order valence-electron chi connectivity index (χ1n) is 8.09. The highest BCUT2D eigenvalue weighted by Crippen LogP contribution is 2.30. The molecule has 1 aliphatic heterocycles. The van der Waals surface area contributed by atoms with Crippen LogP contribution in [0, 0.1) is 17.8 Å². The van der Waals surface area contributed by atoms with Gasteiger partial charge in [0.15, 0.2) is 0 Å². The predicted molar refractivity (Wildman–Crippen MR) is 77.3 cm³/mol. The van der Waals surface area contributed by atoms with Gasteiger partial charge in [0.25, 0.3) is 0 Å². The third kappa shape index (κ3) is 3.97. The fourth-order valence-corrected chi connectivity index (χ4v) is 3.68. The van der Waals surface area contributed by atoms with Crippen molar-refractivity contribution >= 4 is 11.9 Å². The number of piperidine rings is 1. The minimum absolute atomic E-state index is 0.0967. The van der Waals surface area contributed by atoms with Gasteiger partial charge in [0.05, 0.1) is 5.92 Å². The SMILES string of the molecule is CC(CC1CCCCC1)C(=O)N1CCC(C(=O)O)CC1. The molecule has 4 heteroatoms. The van der Waals surface area contributed by atoms with Crippen LogP contribution >= 0.6 is 0 Å². The smallest absolute Gasteiger partial charge is 0.306 e. The van der Waals surface area contributed by atoms with Crippen LogP contribution in [-0.2, 0) is 9.59 Å². The third-order valence-electron chi connectivity index (χ3n) is 4.99. The van der Waals surface area contributed by atoms with E-state index in [-0.39, 0.29) is 17.7 Å². The second kappa shape index (κ2) is 7.09. The van der Waals surface area contributed by atoms with Crippen LogP contribution < -0.4 is 0 Å². The molecule has 1 atom stereocenters. The van der Waals surface area contributed by atoms with Crippen molar-refractivity contribution in [2.45, 2.75) is 58.3 Å². The van der Waals surface area contributed by atoms with Gasteiger partial charge in [0.2, 0.25) is 5.91 Å². The van der Waals surface area contributed by atoms with Crippen LogP contribution in [0.25, 0.3) is 0 Å². The molecule has 2 aliphatic rings. The Morgan fingerprint density at radius 2 is 1.70 bits per heavy atom. The number of carboxylic acid groups (broad SMARTS) is 1. The van der Waals surface area contributed by atoms with Crippen LogP contribution in [0.4, 0.5) is 0 Å². The van der Waals surface area contributed by atoms with E-state index in [4.69, 9.17) is 5.11 Å². The summed E-state index contributed by atoms with van der Waals surface area (Å²) >= 11 is 0. The Morgan fingerprint density at radius 3 is 2.25 bits per heavy atom. The zero-order valence-electron chi connectivity index (χ0n) is 12.5. The molecule has 1 N–H and O–H groups in total. The Kier molecular flexibility index (Phi) is 5.44. The molecule has 1 amide bonds. The van der Waals surface area contributed by atoms with Gasteiger partial charge in [-0.2, -0.15) is 0 Å². The minimum atomic E-state index is -0.715. The van der Waals surface area contributed by atoms with Crippen molar-refractivity contribution in [2.75, 3.05) is 13.1 Å². The molecule has 2 fully saturated rings. The Hall–Kier alpha value is -1.06. The van der Waals surface area contributed by atoms with Gasteiger partial charge in [-0.05, 0) is 25.2 Å². The average Bonchev–Trinajstić information content (AvgIpc) is 2.47. The van der Waals surface area contributed by atoms with E-state index in [1.165, 1.54) is 32.1 Å². The molecule has 0 aromatic carbocycles. The van der Waals surface area contributed by atoms with Crippen molar-refractivity contribution in [2.24, 2.45) is 17.8 Å². The van der Waals surface area contributed by atoms with Crippen LogP contribution in [0.3, 0.4) is 0 Å². The maximum atomic E-state index is 12.4. The topological polar surface area (TPSA) is 57.6 Å². The Bertz CT molecular complexity index is 342. The molecule has 1 heterocycles. The Labute approximate surface area is 121 Å². The molecule has 1 aliphatic carbocycles. The highest BCUT2D eigenvalue weighted by atomic mass is 16.4. The summed E-state index contributed by atoms with van der Waals surface area (Å²) in [5, 5.41) is 8.99. The van der Waals surface area contributed by atoms with E-state index in [2.05, 4.69) is 0 Å². The molecule has 114 valence electrons. The summed E-state index contributed by atoms with van der Waals surface area (Å²) < 4.78 is 0. The van der Waals surface area contributed by atoms with E-state index in [0.29, 0.717) is 25.9 Å². The molecular formula is C16H27NO3. The molecular weight excluding hydrogens is 254 g/mol. The molecule has 1 saturated heterocycles. The summed E-state index contributed by atoms with van der Waals surface area (Å²) in [5.74, 6) is 0.0817. The first-order chi connectivity index (χ1) is 9.58. The van der Waals surface area contributed by atoms with Gasteiger partial charge in [0, 0.05) is 19.0 Å². The van der Waals surface area contributed by atoms with E-state index in [1.807, 2.05) is 11.8 Å². The minimum Gasteiger partial charge on any atom is -0.481 e. The van der Waals surface area contributed by atoms with Gasteiger partial charge < -0.3 is 10.0 Å². The van der Waals surface area contributed by atoms with Gasteiger partial charge in [-0.1, -0.05) is 39.0 Å². The van der Waals surface area contributed by atoms with Crippen LogP contribution in [-0.4, -0.2) is 35.0 Å². The summed E-state index contributed by atoms with van der Waals surface area (Å²) in [5.41, 5.74) is 0. The van der Waals surface area contributed by atoms with Gasteiger partial charge in [0.1, 0.15) is 0 Å². The Morgan fingerprint density at radius 1 is 1.10 bits per heavy atom. The number of nitrogens with zero attached hydrogens (tertiary/aromatic N) is 1. The first kappa shape index (κ1) is 15.3. The number of hydrogen-bond acceptors (Lipinski definition) is 2. The van der Waals surface area contributed by atoms with Gasteiger partial charge >= 0.3 is 5.97 Å². The lowest BCUT2D eigenvalue weighted by Gasteiger charge is -2.33. The lowest BCUT2D eigenvalue weighted by atomic mass is 9.82. The summed E-state index contributed by atoms with van der Waals surface area (Å²) in [6.45, 7) is 3.27. The number of amides is 1. The lowest BCUT2D eigenvalue weighted by Crippen LogP contribution is -2.43. The van der Waals surface area contributed by atoms with Crippen molar-refractivity contribution in [3.05, 3.63) is 0 Å². The highest BCUT2D eigenvalue weighted by Gasteiger charge is 2.30. The molecule has 0 radical (unpaired) electrons. The molecule has 0 spiro atoms. The predicted octanol–water partition coefficient (Wildman–Crippen LogP) is 2.92. The second-order valence-corrected chi connectivity index (χ2v) is 6.58. The monoisotopic (exact) mass is 281 g/mol. The summed E-state index contributed by atoms with van der Waals surface area (Å²) in [4.78, 5) is 25.2. The van der Waals surface area contributed by atoms with Crippen molar-refractivity contribution in [3.8, 4) is 0 Å². The fourth-order valence-electron chi connectivity index (χ4n) is 3.68. The van der Waals surface area contributed by atoms with Crippen molar-refractivity contribution in [1.82, 2.24) is 4.90 Å². The second-order valence-electron chi connectivity index (χ2n) is 6.58. The summed E-state index contributed by atoms with van der Waals surface area (Å²) in [7, 11) is 0. The quantitative estimate of drug-likeness (QED) is 0.862. The summed E-state index contributed by atoms with van der Waals surface area (Å²) in [6, 6.07) is 0. The van der Waals surface area contributed by atoms with Crippen LogP contribution in [0.2, 0.25) is 0 Å². The third-order valence-corrected chi connectivity index (χ3v) is 4.99. The van der Waals surface area contributed by atoms with Crippen LogP contribution in [0.15, 0.2) is 0 Å². The van der Waals surface area contributed by atoms with Gasteiger partial charge in [-0.25, -0.2) is 0 Å². The number of rotatable bonds is 4. The zero-order chi connectivity index (χ0) is 14.5. The number of hydrogen-bond donors (Lipinski definition) is 1. The molecule has 1 saturated carbocycles. The van der Waals surface area contributed by atoms with E-state index in [1.54, 1.807) is 0 Å². The first-order valence-corrected chi connectivity index (χ1v) is 8.09. The molecule has 0 bridgehead atoms. The average molecular weight is 281 g/mol. The molecule has 0 aromatic heterocycles. The zero-order valence-corrected chi connectivity index (χ0v) is 12.5. The molecule has 20 heavy (non-hydrogen) atoms. The molecule has 0 aromatic rings. The van der Waals surface area contributed by atoms with Crippen molar-refractivity contribution < 1.29 is 14.7 Å². The maximum absolute atomic E-state index is 12.4. The summed E-state index contributed by atoms with van der Waals surface area (Å²) in [6.07, 6.45) is 8.76. The standard InChI is InChI=1S/C16H27NO3/c1-12(11-13-5-3-2-4-6-13)15(18)17-9-7-14(8-10-17)16(19)20/h12-14H,2-11H2,1H3,(H,19,20). The largest absolute Gasteiger partial charge is 0.481 e. The van der Waals surface area contributed by atoms with Crippen LogP contribution in [0.1, 0.15) is 58.3 Å². The lowest BCUT2D eigenvalue weighted by molar-refractivity contribution is -0.146. The van der Waals surface area contributed by atoms with Gasteiger partial charge in [-0.3, -0.25) is 9.59 Å². The maximum Gasteiger partial charge on any atom is 0.306 e. The highest BCUT2D eigenvalue weighted by molar-refractivity contribution is 5.79. The number of aliphatic carboxylic acids is 1. The number of carboxylic acids is 1.